The molecule has 4 atom stereocenters. The number of thioether (sulfide) groups is 1. The van der Waals surface area contributed by atoms with Crippen LogP contribution in [0.4, 0.5) is 0 Å². The van der Waals surface area contributed by atoms with Gasteiger partial charge in [0.25, 0.3) is 0 Å². The topological polar surface area (TPSA) is 151 Å². The third kappa shape index (κ3) is 9.34. The first-order valence-electron chi connectivity index (χ1n) is 8.54. The fraction of sp³-hybridized carbons (Fsp3) is 0.750. The van der Waals surface area contributed by atoms with Crippen molar-refractivity contribution in [2.24, 2.45) is 11.7 Å². The smallest absolute Gasteiger partial charge is 0.326 e. The number of nitrogens with two attached hydrogens (primary N) is 1. The normalized spacial score (nSPS) is 15.4. The number of amides is 3. The average Bonchev–Trinajstić information content (AvgIpc) is 2.59. The van der Waals surface area contributed by atoms with Gasteiger partial charge in [-0.2, -0.15) is 24.4 Å². The van der Waals surface area contributed by atoms with Crippen LogP contribution in [0.2, 0.25) is 0 Å². The zero-order valence-corrected chi connectivity index (χ0v) is 17.7. The van der Waals surface area contributed by atoms with Crippen LogP contribution in [-0.4, -0.2) is 70.7 Å². The van der Waals surface area contributed by atoms with Crippen molar-refractivity contribution in [3.05, 3.63) is 0 Å². The van der Waals surface area contributed by atoms with Gasteiger partial charge in [0.05, 0.1) is 6.04 Å². The Labute approximate surface area is 169 Å². The van der Waals surface area contributed by atoms with Crippen LogP contribution in [0.1, 0.15) is 27.2 Å². The van der Waals surface area contributed by atoms with Gasteiger partial charge in [-0.25, -0.2) is 4.79 Å². The molecule has 27 heavy (non-hydrogen) atoms. The number of carbonyl (C=O) groups excluding carboxylic acids is 3. The van der Waals surface area contributed by atoms with E-state index in [4.69, 9.17) is 5.73 Å². The lowest BCUT2D eigenvalue weighted by atomic mass is 10.0. The number of thiol groups is 1. The summed E-state index contributed by atoms with van der Waals surface area (Å²) in [6.45, 7) is 4.98. The molecule has 0 saturated heterocycles. The van der Waals surface area contributed by atoms with Gasteiger partial charge in [0.1, 0.15) is 18.1 Å². The van der Waals surface area contributed by atoms with E-state index in [1.54, 1.807) is 13.8 Å². The number of nitrogens with one attached hydrogen (secondary N) is 3. The summed E-state index contributed by atoms with van der Waals surface area (Å²) in [5, 5.41) is 16.7. The Morgan fingerprint density at radius 2 is 1.56 bits per heavy atom. The summed E-state index contributed by atoms with van der Waals surface area (Å²) >= 11 is 5.53. The van der Waals surface area contributed by atoms with Crippen LogP contribution in [0.15, 0.2) is 0 Å². The Morgan fingerprint density at radius 1 is 1.00 bits per heavy atom. The van der Waals surface area contributed by atoms with E-state index in [9.17, 15) is 24.3 Å². The Hall–Kier alpha value is -1.46. The Bertz CT molecular complexity index is 531. The lowest BCUT2D eigenvalue weighted by Crippen LogP contribution is -2.58. The van der Waals surface area contributed by atoms with E-state index in [0.717, 1.165) is 0 Å². The molecule has 9 nitrogen and oxygen atoms in total. The van der Waals surface area contributed by atoms with Crippen LogP contribution >= 0.6 is 24.4 Å². The molecule has 0 bridgehead atoms. The van der Waals surface area contributed by atoms with Gasteiger partial charge in [-0.3, -0.25) is 14.4 Å². The van der Waals surface area contributed by atoms with Gasteiger partial charge in [0, 0.05) is 5.75 Å². The van der Waals surface area contributed by atoms with E-state index in [1.165, 1.54) is 18.7 Å². The van der Waals surface area contributed by atoms with Gasteiger partial charge in [-0.05, 0) is 31.3 Å². The molecule has 3 amide bonds. The molecule has 4 unspecified atom stereocenters. The van der Waals surface area contributed by atoms with Gasteiger partial charge < -0.3 is 26.8 Å². The van der Waals surface area contributed by atoms with Crippen molar-refractivity contribution >= 4 is 48.1 Å². The first-order chi connectivity index (χ1) is 12.5. The summed E-state index contributed by atoms with van der Waals surface area (Å²) in [5.41, 5.74) is 5.51. The van der Waals surface area contributed by atoms with E-state index < -0.39 is 47.9 Å². The standard InChI is InChI=1S/C16H30N4O5S2/c1-8(2)12(20-13(21)9(3)17)15(23)19-11(7-26)14(22)18-10(16(24)25)5-6-27-4/h8-12,26H,5-7,17H2,1-4H3,(H,18,22)(H,19,23)(H,20,21)(H,24,25). The summed E-state index contributed by atoms with van der Waals surface area (Å²) < 4.78 is 0. The van der Waals surface area contributed by atoms with Crippen molar-refractivity contribution in [1.29, 1.82) is 0 Å². The zero-order chi connectivity index (χ0) is 21.1. The summed E-state index contributed by atoms with van der Waals surface area (Å²) in [6, 6.07) is -3.76. The third-order valence-electron chi connectivity index (χ3n) is 3.70. The molecule has 0 radical (unpaired) electrons. The molecule has 0 rings (SSSR count). The van der Waals surface area contributed by atoms with Crippen LogP contribution < -0.4 is 21.7 Å². The van der Waals surface area contributed by atoms with Crippen LogP contribution in [0.3, 0.4) is 0 Å². The summed E-state index contributed by atoms with van der Waals surface area (Å²) in [4.78, 5) is 47.9. The molecule has 6 N–H and O–H groups in total. The van der Waals surface area contributed by atoms with Gasteiger partial charge in [0.15, 0.2) is 0 Å². The van der Waals surface area contributed by atoms with Gasteiger partial charge in [-0.15, -0.1) is 0 Å². The highest BCUT2D eigenvalue weighted by molar-refractivity contribution is 7.98. The van der Waals surface area contributed by atoms with Crippen LogP contribution in [0, 0.1) is 5.92 Å². The summed E-state index contributed by atoms with van der Waals surface area (Å²) in [6.07, 6.45) is 2.09. The molecule has 0 spiro atoms. The maximum atomic E-state index is 12.5. The maximum Gasteiger partial charge on any atom is 0.326 e. The van der Waals surface area contributed by atoms with Crippen molar-refractivity contribution in [1.82, 2.24) is 16.0 Å². The maximum absolute atomic E-state index is 12.5. The highest BCUT2D eigenvalue weighted by Gasteiger charge is 2.30. The van der Waals surface area contributed by atoms with E-state index in [-0.39, 0.29) is 18.1 Å². The van der Waals surface area contributed by atoms with Gasteiger partial charge >= 0.3 is 5.97 Å². The first kappa shape index (κ1) is 25.5. The zero-order valence-electron chi connectivity index (χ0n) is 16.0. The van der Waals surface area contributed by atoms with Crippen LogP contribution in [-0.2, 0) is 19.2 Å². The number of rotatable bonds is 12. The lowest BCUT2D eigenvalue weighted by Gasteiger charge is -2.26. The van der Waals surface area contributed by atoms with E-state index in [1.807, 2.05) is 6.26 Å². The molecule has 0 aliphatic carbocycles. The van der Waals surface area contributed by atoms with E-state index in [2.05, 4.69) is 28.6 Å². The predicted octanol–water partition coefficient (Wildman–Crippen LogP) is -0.788. The molecule has 11 heteroatoms. The van der Waals surface area contributed by atoms with Crippen molar-refractivity contribution in [3.63, 3.8) is 0 Å². The minimum atomic E-state index is -1.15. The molecule has 0 aromatic heterocycles. The second kappa shape index (κ2) is 12.8. The quantitative estimate of drug-likeness (QED) is 0.226. The molecule has 0 fully saturated rings. The second-order valence-corrected chi connectivity index (χ2v) is 7.79. The first-order valence-corrected chi connectivity index (χ1v) is 10.6. The largest absolute Gasteiger partial charge is 0.480 e. The average molecular weight is 423 g/mol. The minimum Gasteiger partial charge on any atom is -0.480 e. The number of carboxylic acids is 1. The Balaban J connectivity index is 5.04. The number of carboxylic acid groups (broad SMARTS) is 1. The highest BCUT2D eigenvalue weighted by atomic mass is 32.2. The van der Waals surface area contributed by atoms with E-state index in [0.29, 0.717) is 5.75 Å². The summed E-state index contributed by atoms with van der Waals surface area (Å²) in [5.74, 6) is -2.56. The Kier molecular flexibility index (Phi) is 12.1. The number of hydrogen-bond donors (Lipinski definition) is 6. The SMILES string of the molecule is CSCCC(NC(=O)C(CS)NC(=O)C(NC(=O)C(C)N)C(C)C)C(=O)O. The molecule has 0 heterocycles. The fourth-order valence-corrected chi connectivity index (χ4v) is 2.77. The molecule has 156 valence electrons. The second-order valence-electron chi connectivity index (χ2n) is 6.44. The fourth-order valence-electron chi connectivity index (χ4n) is 2.04. The monoisotopic (exact) mass is 422 g/mol. The molecule has 0 aromatic rings. The predicted molar refractivity (Wildman–Crippen MR) is 109 cm³/mol. The molecular formula is C16H30N4O5S2. The van der Waals surface area contributed by atoms with Gasteiger partial charge in [0.2, 0.25) is 17.7 Å². The van der Waals surface area contributed by atoms with Crippen molar-refractivity contribution < 1.29 is 24.3 Å². The number of aliphatic carboxylic acids is 1. The van der Waals surface area contributed by atoms with Gasteiger partial charge in [-0.1, -0.05) is 13.8 Å². The highest BCUT2D eigenvalue weighted by Crippen LogP contribution is 2.05. The number of carbonyl (C=O) groups is 4. The van der Waals surface area contributed by atoms with E-state index >= 15 is 0 Å². The molecular weight excluding hydrogens is 392 g/mol. The minimum absolute atomic E-state index is 0.0293. The van der Waals surface area contributed by atoms with Crippen molar-refractivity contribution in [2.45, 2.75) is 51.4 Å². The third-order valence-corrected chi connectivity index (χ3v) is 4.71. The molecule has 0 aliphatic heterocycles. The lowest BCUT2D eigenvalue weighted by molar-refractivity contribution is -0.142. The number of hydrogen-bond acceptors (Lipinski definition) is 7. The van der Waals surface area contributed by atoms with Crippen molar-refractivity contribution in [2.75, 3.05) is 17.8 Å². The Morgan fingerprint density at radius 3 is 1.96 bits per heavy atom. The van der Waals surface area contributed by atoms with Crippen LogP contribution in [0.5, 0.6) is 0 Å². The molecule has 0 saturated carbocycles. The molecule has 0 aliphatic rings. The molecule has 0 aromatic carbocycles. The van der Waals surface area contributed by atoms with Crippen molar-refractivity contribution in [3.8, 4) is 0 Å². The van der Waals surface area contributed by atoms with Crippen LogP contribution in [0.25, 0.3) is 0 Å². The summed E-state index contributed by atoms with van der Waals surface area (Å²) in [7, 11) is 0.